The van der Waals surface area contributed by atoms with Gasteiger partial charge < -0.3 is 14.8 Å². The van der Waals surface area contributed by atoms with Crippen molar-refractivity contribution in [2.75, 3.05) is 13.7 Å². The lowest BCUT2D eigenvalue weighted by Gasteiger charge is -2.15. The first-order valence-corrected chi connectivity index (χ1v) is 7.26. The fraction of sp³-hybridized carbons (Fsp3) is 0.600. The largest absolute Gasteiger partial charge is 0.484 e. The molecule has 1 aromatic rings. The van der Waals surface area contributed by atoms with E-state index in [0.29, 0.717) is 31.4 Å². The molecule has 6 nitrogen and oxygen atoms in total. The second kappa shape index (κ2) is 7.38. The summed E-state index contributed by atoms with van der Waals surface area (Å²) in [5, 5.41) is 14.5. The fourth-order valence-corrected chi connectivity index (χ4v) is 2.02. The maximum absolute atomic E-state index is 11.1. The fourth-order valence-electron chi connectivity index (χ4n) is 2.02. The quantitative estimate of drug-likeness (QED) is 0.560. The van der Waals surface area contributed by atoms with Crippen molar-refractivity contribution in [3.8, 4) is 5.75 Å². The number of nitro groups is 1. The molecule has 6 heteroatoms. The van der Waals surface area contributed by atoms with Gasteiger partial charge in [-0.25, -0.2) is 0 Å². The number of nitrogens with one attached hydrogen (secondary N) is 1. The first-order valence-electron chi connectivity index (χ1n) is 7.26. The van der Waals surface area contributed by atoms with Gasteiger partial charge in [0.2, 0.25) is 0 Å². The van der Waals surface area contributed by atoms with Crippen LogP contribution in [0.5, 0.6) is 5.75 Å². The average Bonchev–Trinajstić information content (AvgIpc) is 3.27. The predicted molar refractivity (Wildman–Crippen MR) is 79.5 cm³/mol. The summed E-state index contributed by atoms with van der Waals surface area (Å²) < 4.78 is 10.7. The number of hydrogen-bond acceptors (Lipinski definition) is 5. The summed E-state index contributed by atoms with van der Waals surface area (Å²) in [5.74, 6) is 0.332. The van der Waals surface area contributed by atoms with E-state index < -0.39 is 4.92 Å². The van der Waals surface area contributed by atoms with Crippen molar-refractivity contribution in [2.24, 2.45) is 0 Å². The first-order chi connectivity index (χ1) is 10.1. The molecule has 0 heterocycles. The Morgan fingerprint density at radius 2 is 2.24 bits per heavy atom. The van der Waals surface area contributed by atoms with E-state index in [1.165, 1.54) is 18.9 Å². The highest BCUT2D eigenvalue weighted by Crippen LogP contribution is 2.29. The number of benzene rings is 1. The van der Waals surface area contributed by atoms with Crippen LogP contribution < -0.4 is 10.1 Å². The van der Waals surface area contributed by atoms with Gasteiger partial charge in [0, 0.05) is 38.8 Å². The molecule has 0 amide bonds. The van der Waals surface area contributed by atoms with E-state index in [2.05, 4.69) is 5.32 Å². The Bertz CT molecular complexity index is 489. The van der Waals surface area contributed by atoms with Crippen molar-refractivity contribution in [3.05, 3.63) is 33.9 Å². The third kappa shape index (κ3) is 4.99. The van der Waals surface area contributed by atoms with Gasteiger partial charge in [0.1, 0.15) is 0 Å². The normalized spacial score (nSPS) is 15.7. The van der Waals surface area contributed by atoms with Gasteiger partial charge in [-0.1, -0.05) is 6.07 Å². The highest BCUT2D eigenvalue weighted by molar-refractivity contribution is 5.48. The molecule has 1 fully saturated rings. The van der Waals surface area contributed by atoms with E-state index >= 15 is 0 Å². The maximum Gasteiger partial charge on any atom is 0.310 e. The lowest BCUT2D eigenvalue weighted by molar-refractivity contribution is -0.386. The van der Waals surface area contributed by atoms with Gasteiger partial charge in [-0.05, 0) is 31.4 Å². The summed E-state index contributed by atoms with van der Waals surface area (Å²) in [6.45, 7) is 3.17. The van der Waals surface area contributed by atoms with Gasteiger partial charge in [0.25, 0.3) is 0 Å². The number of nitro benzene ring substituents is 1. The van der Waals surface area contributed by atoms with Crippen LogP contribution in [0.15, 0.2) is 18.2 Å². The SMILES string of the molecule is COCCC(C)Oc1cc(CNC2CC2)ccc1[N+](=O)[O-]. The van der Waals surface area contributed by atoms with Crippen LogP contribution in [0.2, 0.25) is 0 Å². The third-order valence-electron chi connectivity index (χ3n) is 3.45. The first kappa shape index (κ1) is 15.7. The molecule has 1 aliphatic carbocycles. The van der Waals surface area contributed by atoms with Crippen LogP contribution in [0.4, 0.5) is 5.69 Å². The van der Waals surface area contributed by atoms with Gasteiger partial charge in [-0.15, -0.1) is 0 Å². The summed E-state index contributed by atoms with van der Waals surface area (Å²) in [4.78, 5) is 10.7. The Labute approximate surface area is 124 Å². The van der Waals surface area contributed by atoms with Gasteiger partial charge >= 0.3 is 5.69 Å². The lowest BCUT2D eigenvalue weighted by atomic mass is 10.2. The van der Waals surface area contributed by atoms with Gasteiger partial charge in [0.15, 0.2) is 5.75 Å². The number of methoxy groups -OCH3 is 1. The van der Waals surface area contributed by atoms with Crippen LogP contribution in [0.3, 0.4) is 0 Å². The monoisotopic (exact) mass is 294 g/mol. The lowest BCUT2D eigenvalue weighted by Crippen LogP contribution is -2.17. The molecule has 0 radical (unpaired) electrons. The van der Waals surface area contributed by atoms with Crippen LogP contribution >= 0.6 is 0 Å². The molecule has 1 N–H and O–H groups in total. The Morgan fingerprint density at radius 1 is 1.48 bits per heavy atom. The van der Waals surface area contributed by atoms with Gasteiger partial charge in [0.05, 0.1) is 11.0 Å². The van der Waals surface area contributed by atoms with E-state index in [9.17, 15) is 10.1 Å². The zero-order chi connectivity index (χ0) is 15.2. The average molecular weight is 294 g/mol. The number of hydrogen-bond donors (Lipinski definition) is 1. The summed E-state index contributed by atoms with van der Waals surface area (Å²) in [7, 11) is 1.62. The number of rotatable bonds is 9. The molecule has 1 aliphatic rings. The van der Waals surface area contributed by atoms with Crippen molar-refractivity contribution in [2.45, 2.75) is 44.9 Å². The van der Waals surface area contributed by atoms with Crippen molar-refractivity contribution >= 4 is 5.69 Å². The number of ether oxygens (including phenoxy) is 2. The zero-order valence-electron chi connectivity index (χ0n) is 12.5. The van der Waals surface area contributed by atoms with Crippen molar-refractivity contribution in [1.82, 2.24) is 5.32 Å². The molecule has 1 unspecified atom stereocenters. The van der Waals surface area contributed by atoms with E-state index in [4.69, 9.17) is 9.47 Å². The molecule has 0 aliphatic heterocycles. The Balaban J connectivity index is 2.05. The van der Waals surface area contributed by atoms with E-state index in [0.717, 1.165) is 5.56 Å². The molecule has 1 saturated carbocycles. The molecule has 0 bridgehead atoms. The van der Waals surface area contributed by atoms with E-state index in [1.807, 2.05) is 6.92 Å². The van der Waals surface area contributed by atoms with Crippen LogP contribution in [0, 0.1) is 10.1 Å². The summed E-state index contributed by atoms with van der Waals surface area (Å²) in [6.07, 6.45) is 2.99. The smallest absolute Gasteiger partial charge is 0.310 e. The minimum atomic E-state index is -0.406. The van der Waals surface area contributed by atoms with Crippen molar-refractivity contribution in [1.29, 1.82) is 0 Å². The molecule has 21 heavy (non-hydrogen) atoms. The highest BCUT2D eigenvalue weighted by atomic mass is 16.6. The van der Waals surface area contributed by atoms with Crippen LogP contribution in [0.25, 0.3) is 0 Å². The van der Waals surface area contributed by atoms with Crippen molar-refractivity contribution < 1.29 is 14.4 Å². The summed E-state index contributed by atoms with van der Waals surface area (Å²) in [5.41, 5.74) is 1.01. The van der Waals surface area contributed by atoms with Crippen LogP contribution in [-0.4, -0.2) is 30.8 Å². The van der Waals surface area contributed by atoms with Crippen molar-refractivity contribution in [3.63, 3.8) is 0 Å². The summed E-state index contributed by atoms with van der Waals surface area (Å²) >= 11 is 0. The van der Waals surface area contributed by atoms with Gasteiger partial charge in [-0.3, -0.25) is 10.1 Å². The Hall–Kier alpha value is -1.66. The summed E-state index contributed by atoms with van der Waals surface area (Å²) in [6, 6.07) is 5.66. The molecule has 2 rings (SSSR count). The molecule has 0 saturated heterocycles. The Kier molecular flexibility index (Phi) is 5.52. The molecule has 116 valence electrons. The predicted octanol–water partition coefficient (Wildman–Crippen LogP) is 2.65. The molecule has 1 atom stereocenters. The molecule has 1 aromatic carbocycles. The van der Waals surface area contributed by atoms with Crippen LogP contribution in [-0.2, 0) is 11.3 Å². The topological polar surface area (TPSA) is 73.6 Å². The minimum Gasteiger partial charge on any atom is -0.484 e. The third-order valence-corrected chi connectivity index (χ3v) is 3.45. The highest BCUT2D eigenvalue weighted by Gasteiger charge is 2.21. The van der Waals surface area contributed by atoms with E-state index in [1.54, 1.807) is 19.2 Å². The number of nitrogens with zero attached hydrogens (tertiary/aromatic N) is 1. The molecule has 0 spiro atoms. The Morgan fingerprint density at radius 3 is 2.86 bits per heavy atom. The molecule has 0 aromatic heterocycles. The molecular formula is C15H22N2O4. The maximum atomic E-state index is 11.1. The second-order valence-electron chi connectivity index (χ2n) is 5.42. The standard InChI is InChI=1S/C15H22N2O4/c1-11(7-8-20-2)21-15-9-12(10-16-13-4-5-13)3-6-14(15)17(18)19/h3,6,9,11,13,16H,4-5,7-8,10H2,1-2H3. The second-order valence-corrected chi connectivity index (χ2v) is 5.42. The zero-order valence-corrected chi connectivity index (χ0v) is 12.5. The van der Waals surface area contributed by atoms with E-state index in [-0.39, 0.29) is 11.8 Å². The van der Waals surface area contributed by atoms with Crippen LogP contribution in [0.1, 0.15) is 31.7 Å². The van der Waals surface area contributed by atoms with Gasteiger partial charge in [-0.2, -0.15) is 0 Å². The molecular weight excluding hydrogens is 272 g/mol. The minimum absolute atomic E-state index is 0.00874.